The first-order chi connectivity index (χ1) is 6.86. The smallest absolute Gasteiger partial charge is 0.126 e. The van der Waals surface area contributed by atoms with Crippen molar-refractivity contribution in [3.63, 3.8) is 0 Å². The summed E-state index contributed by atoms with van der Waals surface area (Å²) in [6.45, 7) is 0. The lowest BCUT2D eigenvalue weighted by atomic mass is 9.95. The van der Waals surface area contributed by atoms with Crippen molar-refractivity contribution in [1.29, 1.82) is 0 Å². The summed E-state index contributed by atoms with van der Waals surface area (Å²) in [5.41, 5.74) is 0. The molecule has 2 rings (SSSR count). The number of anilines is 1. The van der Waals surface area contributed by atoms with Crippen LogP contribution in [0, 0.1) is 0 Å². The van der Waals surface area contributed by atoms with Gasteiger partial charge in [-0.05, 0) is 25.0 Å². The third kappa shape index (κ3) is 2.38. The largest absolute Gasteiger partial charge is 0.366 e. The van der Waals surface area contributed by atoms with Crippen molar-refractivity contribution in [2.45, 2.75) is 37.1 Å². The maximum Gasteiger partial charge on any atom is 0.126 e. The minimum absolute atomic E-state index is 0.255. The van der Waals surface area contributed by atoms with Gasteiger partial charge in [0.1, 0.15) is 5.82 Å². The molecule has 0 aromatic carbocycles. The third-order valence-corrected chi connectivity index (χ3v) is 3.20. The quantitative estimate of drug-likeness (QED) is 0.759. The Bertz CT molecular complexity index is 276. The van der Waals surface area contributed by atoms with Gasteiger partial charge in [0.2, 0.25) is 0 Å². The van der Waals surface area contributed by atoms with Gasteiger partial charge in [-0.1, -0.05) is 18.9 Å². The minimum atomic E-state index is 0.255. The van der Waals surface area contributed by atoms with E-state index in [1.165, 1.54) is 12.8 Å². The number of nitrogens with zero attached hydrogens (tertiary/aromatic N) is 1. The average Bonchev–Trinajstić information content (AvgIpc) is 2.23. The Balaban J connectivity index is 1.96. The highest BCUT2D eigenvalue weighted by molar-refractivity contribution is 6.21. The predicted molar refractivity (Wildman–Crippen MR) is 59.8 cm³/mol. The van der Waals surface area contributed by atoms with Gasteiger partial charge in [-0.25, -0.2) is 4.98 Å². The molecular formula is C11H15ClN2. The number of alkyl halides is 1. The zero-order valence-corrected chi connectivity index (χ0v) is 8.87. The van der Waals surface area contributed by atoms with Crippen molar-refractivity contribution in [3.05, 3.63) is 24.4 Å². The second-order valence-corrected chi connectivity index (χ2v) is 4.33. The van der Waals surface area contributed by atoms with Crippen LogP contribution in [0.3, 0.4) is 0 Å². The van der Waals surface area contributed by atoms with E-state index in [0.717, 1.165) is 18.7 Å². The van der Waals surface area contributed by atoms with Crippen molar-refractivity contribution in [1.82, 2.24) is 4.98 Å². The molecule has 0 spiro atoms. The van der Waals surface area contributed by atoms with Crippen molar-refractivity contribution in [2.24, 2.45) is 0 Å². The zero-order chi connectivity index (χ0) is 9.80. The molecule has 0 saturated heterocycles. The van der Waals surface area contributed by atoms with Crippen LogP contribution in [-0.2, 0) is 0 Å². The van der Waals surface area contributed by atoms with Gasteiger partial charge in [-0.3, -0.25) is 0 Å². The topological polar surface area (TPSA) is 24.9 Å². The molecule has 1 N–H and O–H groups in total. The van der Waals surface area contributed by atoms with E-state index in [9.17, 15) is 0 Å². The van der Waals surface area contributed by atoms with Gasteiger partial charge in [0.05, 0.1) is 5.38 Å². The standard InChI is InChI=1S/C11H15ClN2/c12-9-5-1-2-6-10(9)14-11-7-3-4-8-13-11/h3-4,7-10H,1-2,5-6H2,(H,13,14). The molecular weight excluding hydrogens is 196 g/mol. The Morgan fingerprint density at radius 2 is 2.14 bits per heavy atom. The first-order valence-electron chi connectivity index (χ1n) is 5.18. The number of halogens is 1. The van der Waals surface area contributed by atoms with E-state index in [1.54, 1.807) is 6.20 Å². The van der Waals surface area contributed by atoms with Crippen molar-refractivity contribution in [2.75, 3.05) is 5.32 Å². The molecule has 1 aromatic rings. The molecule has 1 aliphatic carbocycles. The first-order valence-corrected chi connectivity index (χ1v) is 5.61. The number of rotatable bonds is 2. The molecule has 1 aliphatic rings. The van der Waals surface area contributed by atoms with E-state index in [1.807, 2.05) is 18.2 Å². The molecule has 2 atom stereocenters. The molecule has 76 valence electrons. The predicted octanol–water partition coefficient (Wildman–Crippen LogP) is 3.04. The number of pyridine rings is 1. The number of nitrogens with one attached hydrogen (secondary N) is 1. The molecule has 0 bridgehead atoms. The molecule has 0 amide bonds. The van der Waals surface area contributed by atoms with Crippen LogP contribution < -0.4 is 5.32 Å². The van der Waals surface area contributed by atoms with Gasteiger partial charge >= 0.3 is 0 Å². The number of hydrogen-bond acceptors (Lipinski definition) is 2. The summed E-state index contributed by atoms with van der Waals surface area (Å²) in [6.07, 6.45) is 6.60. The second-order valence-electron chi connectivity index (χ2n) is 3.77. The summed E-state index contributed by atoms with van der Waals surface area (Å²) < 4.78 is 0. The van der Waals surface area contributed by atoms with Crippen molar-refractivity contribution < 1.29 is 0 Å². The molecule has 14 heavy (non-hydrogen) atoms. The van der Waals surface area contributed by atoms with Gasteiger partial charge in [0, 0.05) is 12.2 Å². The van der Waals surface area contributed by atoms with Crippen molar-refractivity contribution in [3.8, 4) is 0 Å². The van der Waals surface area contributed by atoms with Crippen LogP contribution in [0.25, 0.3) is 0 Å². The molecule has 1 heterocycles. The van der Waals surface area contributed by atoms with Crippen LogP contribution in [0.15, 0.2) is 24.4 Å². The van der Waals surface area contributed by atoms with E-state index < -0.39 is 0 Å². The van der Waals surface area contributed by atoms with Gasteiger partial charge < -0.3 is 5.32 Å². The van der Waals surface area contributed by atoms with Crippen LogP contribution >= 0.6 is 11.6 Å². The zero-order valence-electron chi connectivity index (χ0n) is 8.12. The molecule has 2 unspecified atom stereocenters. The fourth-order valence-corrected chi connectivity index (χ4v) is 2.23. The number of aromatic nitrogens is 1. The van der Waals surface area contributed by atoms with Crippen LogP contribution in [-0.4, -0.2) is 16.4 Å². The number of hydrogen-bond donors (Lipinski definition) is 1. The fourth-order valence-electron chi connectivity index (χ4n) is 1.89. The second kappa shape index (κ2) is 4.65. The SMILES string of the molecule is ClC1CCCCC1Nc1ccccn1. The Morgan fingerprint density at radius 3 is 2.86 bits per heavy atom. The van der Waals surface area contributed by atoms with Crippen LogP contribution in [0.1, 0.15) is 25.7 Å². The maximum atomic E-state index is 6.24. The molecule has 1 aromatic heterocycles. The normalized spacial score (nSPS) is 27.2. The monoisotopic (exact) mass is 210 g/mol. The highest BCUT2D eigenvalue weighted by Crippen LogP contribution is 2.25. The molecule has 0 aliphatic heterocycles. The van der Waals surface area contributed by atoms with E-state index in [2.05, 4.69) is 10.3 Å². The molecule has 1 fully saturated rings. The van der Waals surface area contributed by atoms with Gasteiger partial charge in [-0.2, -0.15) is 0 Å². The fraction of sp³-hybridized carbons (Fsp3) is 0.545. The highest BCUT2D eigenvalue weighted by atomic mass is 35.5. The Morgan fingerprint density at radius 1 is 1.29 bits per heavy atom. The summed E-state index contributed by atoms with van der Waals surface area (Å²) in [5.74, 6) is 0.935. The summed E-state index contributed by atoms with van der Waals surface area (Å²) in [5, 5.41) is 3.64. The van der Waals surface area contributed by atoms with Crippen LogP contribution in [0.4, 0.5) is 5.82 Å². The summed E-state index contributed by atoms with van der Waals surface area (Å²) in [6, 6.07) is 6.28. The molecule has 1 saturated carbocycles. The molecule has 3 heteroatoms. The van der Waals surface area contributed by atoms with E-state index in [4.69, 9.17) is 11.6 Å². The lowest BCUT2D eigenvalue weighted by Crippen LogP contribution is -2.33. The van der Waals surface area contributed by atoms with Crippen molar-refractivity contribution >= 4 is 17.4 Å². The summed E-state index contributed by atoms with van der Waals surface area (Å²) >= 11 is 6.24. The Labute approximate surface area is 89.7 Å². The first kappa shape index (κ1) is 9.78. The summed E-state index contributed by atoms with van der Waals surface area (Å²) in [4.78, 5) is 4.24. The lowest BCUT2D eigenvalue weighted by molar-refractivity contribution is 0.468. The van der Waals surface area contributed by atoms with Gasteiger partial charge in [0.15, 0.2) is 0 Å². The van der Waals surface area contributed by atoms with E-state index >= 15 is 0 Å². The van der Waals surface area contributed by atoms with Crippen LogP contribution in [0.2, 0.25) is 0 Å². The summed E-state index contributed by atoms with van der Waals surface area (Å²) in [7, 11) is 0. The highest BCUT2D eigenvalue weighted by Gasteiger charge is 2.22. The van der Waals surface area contributed by atoms with E-state index in [0.29, 0.717) is 6.04 Å². The van der Waals surface area contributed by atoms with E-state index in [-0.39, 0.29) is 5.38 Å². The van der Waals surface area contributed by atoms with Gasteiger partial charge in [-0.15, -0.1) is 11.6 Å². The molecule has 2 nitrogen and oxygen atoms in total. The minimum Gasteiger partial charge on any atom is -0.366 e. The Kier molecular flexibility index (Phi) is 3.25. The average molecular weight is 211 g/mol. The maximum absolute atomic E-state index is 6.24. The van der Waals surface area contributed by atoms with Crippen LogP contribution in [0.5, 0.6) is 0 Å². The molecule has 0 radical (unpaired) electrons. The lowest BCUT2D eigenvalue weighted by Gasteiger charge is -2.28. The Hall–Kier alpha value is -0.760. The third-order valence-electron chi connectivity index (χ3n) is 2.68. The van der Waals surface area contributed by atoms with Gasteiger partial charge in [0.25, 0.3) is 0 Å².